The highest BCUT2D eigenvalue weighted by molar-refractivity contribution is 7.88. The number of sulfonamides is 1. The van der Waals surface area contributed by atoms with Crippen molar-refractivity contribution < 1.29 is 17.6 Å². The number of carbonyl (C=O) groups excluding carboxylic acids is 1. The maximum Gasteiger partial charge on any atom is 0.228 e. The Hall–Kier alpha value is -2.25. The molecule has 1 saturated carbocycles. The van der Waals surface area contributed by atoms with E-state index in [2.05, 4.69) is 5.32 Å². The van der Waals surface area contributed by atoms with Gasteiger partial charge >= 0.3 is 0 Å². The van der Waals surface area contributed by atoms with Gasteiger partial charge in [0.15, 0.2) is 0 Å². The van der Waals surface area contributed by atoms with E-state index in [9.17, 15) is 17.6 Å². The van der Waals surface area contributed by atoms with E-state index in [1.54, 1.807) is 36.4 Å². The van der Waals surface area contributed by atoms with Crippen LogP contribution in [0, 0.1) is 11.7 Å². The van der Waals surface area contributed by atoms with Crippen LogP contribution in [0.1, 0.15) is 23.5 Å². The lowest BCUT2D eigenvalue weighted by molar-refractivity contribution is -0.117. The van der Waals surface area contributed by atoms with E-state index >= 15 is 0 Å². The Morgan fingerprint density at radius 3 is 2.58 bits per heavy atom. The smallest absolute Gasteiger partial charge is 0.228 e. The molecule has 3 N–H and O–H groups in total. The van der Waals surface area contributed by atoms with Crippen molar-refractivity contribution in [1.82, 2.24) is 0 Å². The Kier molecular flexibility index (Phi) is 4.38. The number of halogens is 1. The number of hydrogen-bond acceptors (Lipinski definition) is 3. The van der Waals surface area contributed by atoms with Crippen LogP contribution >= 0.6 is 0 Å². The predicted molar refractivity (Wildman–Crippen MR) is 89.1 cm³/mol. The molecule has 1 amide bonds. The molecule has 2 atom stereocenters. The van der Waals surface area contributed by atoms with Crippen molar-refractivity contribution in [2.24, 2.45) is 11.1 Å². The van der Waals surface area contributed by atoms with Crippen molar-refractivity contribution >= 4 is 21.6 Å². The van der Waals surface area contributed by atoms with Crippen molar-refractivity contribution in [1.29, 1.82) is 0 Å². The molecule has 0 spiro atoms. The second-order valence-corrected chi connectivity index (χ2v) is 7.61. The average Bonchev–Trinajstić information content (AvgIpc) is 3.27. The van der Waals surface area contributed by atoms with E-state index in [0.717, 1.165) is 5.56 Å². The molecule has 0 aromatic heterocycles. The van der Waals surface area contributed by atoms with Crippen LogP contribution in [0.2, 0.25) is 0 Å². The third kappa shape index (κ3) is 4.18. The minimum Gasteiger partial charge on any atom is -0.326 e. The molecule has 0 radical (unpaired) electrons. The first-order valence-electron chi connectivity index (χ1n) is 7.47. The number of amides is 1. The van der Waals surface area contributed by atoms with Crippen LogP contribution in [-0.2, 0) is 20.6 Å². The molecule has 0 aliphatic heterocycles. The van der Waals surface area contributed by atoms with Gasteiger partial charge in [-0.2, -0.15) is 0 Å². The minimum absolute atomic E-state index is 0.0956. The first-order valence-corrected chi connectivity index (χ1v) is 9.19. The SMILES string of the molecule is NS(=O)(=O)Cc1cccc(NC(=O)[C@H]2C[C@@H]2c2ccc(F)cc2)c1. The third-order valence-corrected chi connectivity index (χ3v) is 4.72. The van der Waals surface area contributed by atoms with Gasteiger partial charge < -0.3 is 5.32 Å². The largest absolute Gasteiger partial charge is 0.326 e. The molecule has 2 aromatic carbocycles. The molecule has 126 valence electrons. The Morgan fingerprint density at radius 1 is 1.21 bits per heavy atom. The van der Waals surface area contributed by atoms with Crippen molar-refractivity contribution in [3.63, 3.8) is 0 Å². The molecule has 0 bridgehead atoms. The number of carbonyl (C=O) groups is 1. The zero-order valence-corrected chi connectivity index (χ0v) is 13.6. The zero-order chi connectivity index (χ0) is 17.3. The maximum absolute atomic E-state index is 12.9. The lowest BCUT2D eigenvalue weighted by Gasteiger charge is -2.07. The minimum atomic E-state index is -3.62. The van der Waals surface area contributed by atoms with Gasteiger partial charge in [-0.1, -0.05) is 24.3 Å². The quantitative estimate of drug-likeness (QED) is 0.869. The standard InChI is InChI=1S/C17H17FN2O3S/c18-13-6-4-12(5-7-13)15-9-16(15)17(21)20-14-3-1-2-11(8-14)10-24(19,22)23/h1-8,15-16H,9-10H2,(H,20,21)(H2,19,22,23)/t15-,16+/m1/s1. The highest BCUT2D eigenvalue weighted by atomic mass is 32.2. The van der Waals surface area contributed by atoms with Crippen molar-refractivity contribution in [2.45, 2.75) is 18.1 Å². The van der Waals surface area contributed by atoms with Crippen LogP contribution in [0.4, 0.5) is 10.1 Å². The number of nitrogens with one attached hydrogen (secondary N) is 1. The van der Waals surface area contributed by atoms with Gasteiger partial charge in [0, 0.05) is 11.6 Å². The molecule has 3 rings (SSSR count). The van der Waals surface area contributed by atoms with E-state index in [1.165, 1.54) is 12.1 Å². The van der Waals surface area contributed by atoms with E-state index < -0.39 is 10.0 Å². The van der Waals surface area contributed by atoms with Gasteiger partial charge in [0.05, 0.1) is 5.75 Å². The summed E-state index contributed by atoms with van der Waals surface area (Å²) in [5.41, 5.74) is 1.99. The molecular weight excluding hydrogens is 331 g/mol. The van der Waals surface area contributed by atoms with E-state index in [4.69, 9.17) is 5.14 Å². The topological polar surface area (TPSA) is 89.3 Å². The van der Waals surface area contributed by atoms with Crippen LogP contribution in [-0.4, -0.2) is 14.3 Å². The van der Waals surface area contributed by atoms with Gasteiger partial charge in [-0.05, 0) is 47.7 Å². The molecule has 5 nitrogen and oxygen atoms in total. The van der Waals surface area contributed by atoms with Gasteiger partial charge in [0.2, 0.25) is 15.9 Å². The maximum atomic E-state index is 12.9. The van der Waals surface area contributed by atoms with Crippen LogP contribution in [0.25, 0.3) is 0 Å². The van der Waals surface area contributed by atoms with E-state index in [0.29, 0.717) is 17.7 Å². The second-order valence-electron chi connectivity index (χ2n) is 6.00. The molecule has 24 heavy (non-hydrogen) atoms. The second kappa shape index (κ2) is 6.33. The first kappa shape index (κ1) is 16.6. The van der Waals surface area contributed by atoms with Crippen molar-refractivity contribution in [3.05, 3.63) is 65.5 Å². The Bertz CT molecular complexity index is 866. The fourth-order valence-corrected chi connectivity index (χ4v) is 3.41. The van der Waals surface area contributed by atoms with Crippen LogP contribution < -0.4 is 10.5 Å². The van der Waals surface area contributed by atoms with E-state index in [1.807, 2.05) is 0 Å². The normalized spacial score (nSPS) is 19.8. The molecule has 0 heterocycles. The molecule has 1 aliphatic carbocycles. The first-order chi connectivity index (χ1) is 11.3. The fraction of sp³-hybridized carbons (Fsp3) is 0.235. The third-order valence-electron chi connectivity index (χ3n) is 3.99. The molecule has 1 fully saturated rings. The summed E-state index contributed by atoms with van der Waals surface area (Å²) in [6, 6.07) is 12.8. The van der Waals surface area contributed by atoms with Crippen LogP contribution in [0.3, 0.4) is 0 Å². The number of rotatable bonds is 5. The predicted octanol–water partition coefficient (Wildman–Crippen LogP) is 2.36. The summed E-state index contributed by atoms with van der Waals surface area (Å²) in [6.45, 7) is 0. The summed E-state index contributed by atoms with van der Waals surface area (Å²) in [4.78, 5) is 12.3. The summed E-state index contributed by atoms with van der Waals surface area (Å²) >= 11 is 0. The van der Waals surface area contributed by atoms with Crippen molar-refractivity contribution in [2.75, 3.05) is 5.32 Å². The van der Waals surface area contributed by atoms with Crippen molar-refractivity contribution in [3.8, 4) is 0 Å². The van der Waals surface area contributed by atoms with Gasteiger partial charge in [0.1, 0.15) is 5.82 Å². The summed E-state index contributed by atoms with van der Waals surface area (Å²) < 4.78 is 35.2. The lowest BCUT2D eigenvalue weighted by Crippen LogP contribution is -2.16. The van der Waals surface area contributed by atoms with Gasteiger partial charge in [-0.25, -0.2) is 17.9 Å². The molecule has 7 heteroatoms. The number of primary sulfonamides is 1. The average molecular weight is 348 g/mol. The Morgan fingerprint density at radius 2 is 1.92 bits per heavy atom. The zero-order valence-electron chi connectivity index (χ0n) is 12.8. The number of nitrogens with two attached hydrogens (primary N) is 1. The monoisotopic (exact) mass is 348 g/mol. The lowest BCUT2D eigenvalue weighted by atomic mass is 10.1. The van der Waals surface area contributed by atoms with Gasteiger partial charge in [0.25, 0.3) is 0 Å². The van der Waals surface area contributed by atoms with Crippen LogP contribution in [0.15, 0.2) is 48.5 Å². The molecular formula is C17H17FN2O3S. The Balaban J connectivity index is 1.64. The highest BCUT2D eigenvalue weighted by Crippen LogP contribution is 2.48. The number of anilines is 1. The summed E-state index contributed by atoms with van der Waals surface area (Å²) in [5.74, 6) is -0.766. The number of hydrogen-bond donors (Lipinski definition) is 2. The van der Waals surface area contributed by atoms with Crippen LogP contribution in [0.5, 0.6) is 0 Å². The van der Waals surface area contributed by atoms with E-state index in [-0.39, 0.29) is 29.3 Å². The Labute approximate surface area is 139 Å². The summed E-state index contributed by atoms with van der Waals surface area (Å²) in [7, 11) is -3.62. The summed E-state index contributed by atoms with van der Waals surface area (Å²) in [6.07, 6.45) is 0.717. The molecule has 1 aliphatic rings. The fourth-order valence-electron chi connectivity index (χ4n) is 2.77. The molecule has 0 saturated heterocycles. The van der Waals surface area contributed by atoms with Gasteiger partial charge in [-0.15, -0.1) is 0 Å². The molecule has 0 unspecified atom stereocenters. The number of benzene rings is 2. The highest BCUT2D eigenvalue weighted by Gasteiger charge is 2.43. The molecule has 2 aromatic rings. The summed E-state index contributed by atoms with van der Waals surface area (Å²) in [5, 5.41) is 7.82. The van der Waals surface area contributed by atoms with Gasteiger partial charge in [-0.3, -0.25) is 4.79 Å².